The van der Waals surface area contributed by atoms with Gasteiger partial charge in [0, 0.05) is 20.3 Å². The van der Waals surface area contributed by atoms with Crippen LogP contribution in [0.15, 0.2) is 24.4 Å². The summed E-state index contributed by atoms with van der Waals surface area (Å²) in [7, 11) is 3.35. The van der Waals surface area contributed by atoms with E-state index in [-0.39, 0.29) is 12.2 Å². The van der Waals surface area contributed by atoms with Crippen molar-refractivity contribution in [2.75, 3.05) is 14.1 Å². The maximum absolute atomic E-state index is 11.4. The van der Waals surface area contributed by atoms with Gasteiger partial charge < -0.3 is 0 Å². The maximum Gasteiger partial charge on any atom is 0.348 e. The summed E-state index contributed by atoms with van der Waals surface area (Å²) < 4.78 is 0. The minimum atomic E-state index is -0.182. The van der Waals surface area contributed by atoms with Gasteiger partial charge in [-0.15, -0.1) is 0 Å². The van der Waals surface area contributed by atoms with Gasteiger partial charge in [0.25, 0.3) is 0 Å². The third-order valence-corrected chi connectivity index (χ3v) is 2.20. The fraction of sp³-hybridized carbons (Fsp3) is 0.333. The first-order chi connectivity index (χ1) is 7.18. The SMILES string of the molecule is CN1NC(c2ccccn2)NN(C)C1=O. The molecule has 2 amide bonds. The van der Waals surface area contributed by atoms with Gasteiger partial charge in [-0.25, -0.2) is 15.6 Å². The predicted octanol–water partition coefficient (Wildman–Crippen LogP) is 0.0866. The Hall–Kier alpha value is -1.66. The van der Waals surface area contributed by atoms with E-state index >= 15 is 0 Å². The molecule has 0 bridgehead atoms. The Bertz CT molecular complexity index is 341. The second-order valence-corrected chi connectivity index (χ2v) is 3.35. The van der Waals surface area contributed by atoms with Crippen LogP contribution < -0.4 is 10.9 Å². The van der Waals surface area contributed by atoms with Crippen LogP contribution in [0, 0.1) is 0 Å². The van der Waals surface area contributed by atoms with Crippen LogP contribution in [0.4, 0.5) is 4.79 Å². The number of hydrazine groups is 2. The summed E-state index contributed by atoms with van der Waals surface area (Å²) in [4.78, 5) is 15.6. The molecule has 2 N–H and O–H groups in total. The summed E-state index contributed by atoms with van der Waals surface area (Å²) >= 11 is 0. The Morgan fingerprint density at radius 1 is 1.27 bits per heavy atom. The van der Waals surface area contributed by atoms with Crippen molar-refractivity contribution in [3.63, 3.8) is 0 Å². The van der Waals surface area contributed by atoms with Gasteiger partial charge in [-0.3, -0.25) is 15.0 Å². The first-order valence-electron chi connectivity index (χ1n) is 4.63. The van der Waals surface area contributed by atoms with Crippen LogP contribution in [0.25, 0.3) is 0 Å². The fourth-order valence-electron chi connectivity index (χ4n) is 1.43. The standard InChI is InChI=1S/C9H13N5O/c1-13-9(15)14(2)12-8(11-13)7-5-3-4-6-10-7/h3-6,8,11-12H,1-2H3. The summed E-state index contributed by atoms with van der Waals surface area (Å²) in [5.41, 5.74) is 6.80. The van der Waals surface area contributed by atoms with E-state index in [1.807, 2.05) is 18.2 Å². The number of aromatic nitrogens is 1. The molecule has 0 spiro atoms. The van der Waals surface area contributed by atoms with Gasteiger partial charge in [0.05, 0.1) is 5.69 Å². The Kier molecular flexibility index (Phi) is 2.53. The largest absolute Gasteiger partial charge is 0.348 e. The highest BCUT2D eigenvalue weighted by molar-refractivity contribution is 5.73. The highest BCUT2D eigenvalue weighted by Gasteiger charge is 2.27. The van der Waals surface area contributed by atoms with Crippen molar-refractivity contribution in [2.24, 2.45) is 0 Å². The van der Waals surface area contributed by atoms with Crippen LogP contribution in [0.1, 0.15) is 11.9 Å². The molecule has 0 aromatic carbocycles. The Morgan fingerprint density at radius 3 is 2.47 bits per heavy atom. The van der Waals surface area contributed by atoms with Crippen molar-refractivity contribution in [3.05, 3.63) is 30.1 Å². The highest BCUT2D eigenvalue weighted by atomic mass is 16.2. The molecular weight excluding hydrogens is 194 g/mol. The summed E-state index contributed by atoms with van der Waals surface area (Å²) in [5.74, 6) is 0. The zero-order valence-corrected chi connectivity index (χ0v) is 8.64. The molecule has 1 fully saturated rings. The van der Waals surface area contributed by atoms with Gasteiger partial charge >= 0.3 is 6.03 Å². The molecule has 1 aliphatic heterocycles. The van der Waals surface area contributed by atoms with E-state index in [1.165, 1.54) is 10.0 Å². The number of carbonyl (C=O) groups is 1. The molecule has 0 atom stereocenters. The minimum absolute atomic E-state index is 0.137. The Morgan fingerprint density at radius 2 is 1.93 bits per heavy atom. The lowest BCUT2D eigenvalue weighted by Gasteiger charge is -2.37. The molecule has 6 nitrogen and oxygen atoms in total. The average molecular weight is 207 g/mol. The third-order valence-electron chi connectivity index (χ3n) is 2.20. The van der Waals surface area contributed by atoms with Gasteiger partial charge in [-0.1, -0.05) is 6.07 Å². The number of urea groups is 1. The molecule has 0 saturated carbocycles. The van der Waals surface area contributed by atoms with E-state index in [2.05, 4.69) is 15.8 Å². The number of nitrogens with one attached hydrogen (secondary N) is 2. The van der Waals surface area contributed by atoms with Crippen molar-refractivity contribution in [3.8, 4) is 0 Å². The molecule has 0 radical (unpaired) electrons. The molecule has 1 aromatic rings. The summed E-state index contributed by atoms with van der Waals surface area (Å²) in [6.45, 7) is 0. The molecule has 1 aromatic heterocycles. The van der Waals surface area contributed by atoms with Gasteiger partial charge in [-0.2, -0.15) is 0 Å². The highest BCUT2D eigenvalue weighted by Crippen LogP contribution is 2.11. The van der Waals surface area contributed by atoms with E-state index < -0.39 is 0 Å². The normalized spacial score (nSPS) is 18.4. The maximum atomic E-state index is 11.4. The number of amides is 2. The zero-order chi connectivity index (χ0) is 10.8. The van der Waals surface area contributed by atoms with E-state index in [4.69, 9.17) is 0 Å². The number of nitrogens with zero attached hydrogens (tertiary/aromatic N) is 3. The molecule has 80 valence electrons. The lowest BCUT2D eigenvalue weighted by Crippen LogP contribution is -2.62. The Balaban J connectivity index is 2.16. The zero-order valence-electron chi connectivity index (χ0n) is 8.64. The molecule has 15 heavy (non-hydrogen) atoms. The van der Waals surface area contributed by atoms with E-state index in [9.17, 15) is 4.79 Å². The molecule has 1 aliphatic rings. The molecule has 0 unspecified atom stereocenters. The van der Waals surface area contributed by atoms with Crippen LogP contribution in [0.3, 0.4) is 0 Å². The number of pyridine rings is 1. The van der Waals surface area contributed by atoms with Crippen LogP contribution in [0.2, 0.25) is 0 Å². The van der Waals surface area contributed by atoms with Crippen LogP contribution >= 0.6 is 0 Å². The van der Waals surface area contributed by atoms with Gasteiger partial charge in [0.15, 0.2) is 0 Å². The number of hydrogen-bond acceptors (Lipinski definition) is 4. The number of rotatable bonds is 1. The minimum Gasteiger partial charge on any atom is -0.260 e. The lowest BCUT2D eigenvalue weighted by molar-refractivity contribution is 0.0566. The van der Waals surface area contributed by atoms with Gasteiger partial charge in [-0.05, 0) is 12.1 Å². The molecule has 0 aliphatic carbocycles. The van der Waals surface area contributed by atoms with Crippen molar-refractivity contribution in [1.82, 2.24) is 25.9 Å². The van der Waals surface area contributed by atoms with E-state index in [1.54, 1.807) is 20.3 Å². The monoisotopic (exact) mass is 207 g/mol. The quantitative estimate of drug-likeness (QED) is 0.685. The second kappa shape index (κ2) is 3.84. The van der Waals surface area contributed by atoms with Crippen molar-refractivity contribution in [2.45, 2.75) is 6.17 Å². The third kappa shape index (κ3) is 1.90. The van der Waals surface area contributed by atoms with Gasteiger partial charge in [0.1, 0.15) is 6.17 Å². The molecule has 1 saturated heterocycles. The first-order valence-corrected chi connectivity index (χ1v) is 4.63. The topological polar surface area (TPSA) is 60.5 Å². The van der Waals surface area contributed by atoms with Crippen molar-refractivity contribution < 1.29 is 4.79 Å². The fourth-order valence-corrected chi connectivity index (χ4v) is 1.43. The Labute approximate surface area is 87.8 Å². The summed E-state index contributed by atoms with van der Waals surface area (Å²) in [6.07, 6.45) is 1.54. The van der Waals surface area contributed by atoms with Crippen molar-refractivity contribution in [1.29, 1.82) is 0 Å². The van der Waals surface area contributed by atoms with Crippen molar-refractivity contribution >= 4 is 6.03 Å². The summed E-state index contributed by atoms with van der Waals surface area (Å²) in [6, 6.07) is 5.51. The predicted molar refractivity (Wildman–Crippen MR) is 54.2 cm³/mol. The average Bonchev–Trinajstić information content (AvgIpc) is 2.26. The van der Waals surface area contributed by atoms with Crippen LogP contribution in [0.5, 0.6) is 0 Å². The first kappa shape index (κ1) is 9.88. The van der Waals surface area contributed by atoms with Crippen LogP contribution in [-0.2, 0) is 0 Å². The van der Waals surface area contributed by atoms with Gasteiger partial charge in [0.2, 0.25) is 0 Å². The van der Waals surface area contributed by atoms with Crippen LogP contribution in [-0.4, -0.2) is 35.1 Å². The van der Waals surface area contributed by atoms with E-state index in [0.29, 0.717) is 0 Å². The smallest absolute Gasteiger partial charge is 0.260 e. The number of hydrogen-bond donors (Lipinski definition) is 2. The summed E-state index contributed by atoms with van der Waals surface area (Å²) in [5, 5.41) is 2.85. The number of carbonyl (C=O) groups excluding carboxylic acids is 1. The molecule has 6 heteroatoms. The molecular formula is C9H13N5O. The second-order valence-electron chi connectivity index (χ2n) is 3.35. The lowest BCUT2D eigenvalue weighted by atomic mass is 10.3. The molecule has 2 heterocycles. The van der Waals surface area contributed by atoms with E-state index in [0.717, 1.165) is 5.69 Å². The molecule has 2 rings (SSSR count).